The van der Waals surface area contributed by atoms with Crippen LogP contribution in [-0.4, -0.2) is 11.0 Å². The van der Waals surface area contributed by atoms with E-state index >= 15 is 0 Å². The zero-order valence-corrected chi connectivity index (χ0v) is 12.5. The molecule has 2 aromatic rings. The zero-order valence-electron chi connectivity index (χ0n) is 12.5. The average molecular weight is 283 g/mol. The fraction of sp³-hybridized carbons (Fsp3) is 0.278. The van der Waals surface area contributed by atoms with Crippen molar-refractivity contribution in [1.29, 1.82) is 0 Å². The number of rotatable bonds is 5. The van der Waals surface area contributed by atoms with Gasteiger partial charge in [-0.15, -0.1) is 0 Å². The van der Waals surface area contributed by atoms with E-state index < -0.39 is 0 Å². The SMILES string of the molecule is Cc1ccc(CCC(=O)Nc2cccc(CO)c2)c(C)c1. The van der Waals surface area contributed by atoms with Gasteiger partial charge in [0.1, 0.15) is 0 Å². The van der Waals surface area contributed by atoms with Gasteiger partial charge in [-0.1, -0.05) is 35.9 Å². The molecule has 3 heteroatoms. The van der Waals surface area contributed by atoms with Gasteiger partial charge in [-0.25, -0.2) is 0 Å². The molecule has 0 saturated heterocycles. The van der Waals surface area contributed by atoms with E-state index in [2.05, 4.69) is 37.4 Å². The molecule has 0 saturated carbocycles. The predicted molar refractivity (Wildman–Crippen MR) is 85.2 cm³/mol. The first-order valence-electron chi connectivity index (χ1n) is 7.14. The topological polar surface area (TPSA) is 49.3 Å². The minimum Gasteiger partial charge on any atom is -0.392 e. The molecule has 0 unspecified atom stereocenters. The van der Waals surface area contributed by atoms with Crippen molar-refractivity contribution in [1.82, 2.24) is 0 Å². The molecule has 0 aliphatic carbocycles. The monoisotopic (exact) mass is 283 g/mol. The molecule has 0 aliphatic heterocycles. The fourth-order valence-electron chi connectivity index (χ4n) is 2.35. The number of amides is 1. The molecule has 2 N–H and O–H groups in total. The molecule has 110 valence electrons. The number of carbonyl (C=O) groups is 1. The fourth-order valence-corrected chi connectivity index (χ4v) is 2.35. The van der Waals surface area contributed by atoms with Crippen LogP contribution in [-0.2, 0) is 17.8 Å². The highest BCUT2D eigenvalue weighted by Crippen LogP contribution is 2.14. The van der Waals surface area contributed by atoms with E-state index in [1.807, 2.05) is 18.2 Å². The first-order valence-corrected chi connectivity index (χ1v) is 7.14. The molecule has 21 heavy (non-hydrogen) atoms. The second-order valence-corrected chi connectivity index (χ2v) is 5.34. The van der Waals surface area contributed by atoms with Crippen molar-refractivity contribution in [2.75, 3.05) is 5.32 Å². The summed E-state index contributed by atoms with van der Waals surface area (Å²) in [4.78, 5) is 12.0. The van der Waals surface area contributed by atoms with Crippen molar-refractivity contribution in [3.05, 3.63) is 64.7 Å². The van der Waals surface area contributed by atoms with Gasteiger partial charge < -0.3 is 10.4 Å². The van der Waals surface area contributed by atoms with E-state index in [-0.39, 0.29) is 12.5 Å². The third kappa shape index (κ3) is 4.43. The molecule has 3 nitrogen and oxygen atoms in total. The lowest BCUT2D eigenvalue weighted by Gasteiger charge is -2.08. The van der Waals surface area contributed by atoms with E-state index in [0.29, 0.717) is 6.42 Å². The van der Waals surface area contributed by atoms with Crippen molar-refractivity contribution < 1.29 is 9.90 Å². The van der Waals surface area contributed by atoms with Gasteiger partial charge in [0, 0.05) is 12.1 Å². The quantitative estimate of drug-likeness (QED) is 0.884. The third-order valence-corrected chi connectivity index (χ3v) is 3.51. The number of hydrogen-bond donors (Lipinski definition) is 2. The van der Waals surface area contributed by atoms with Gasteiger partial charge in [0.05, 0.1) is 6.61 Å². The van der Waals surface area contributed by atoms with Crippen LogP contribution in [0.1, 0.15) is 28.7 Å². The van der Waals surface area contributed by atoms with E-state index in [9.17, 15) is 4.79 Å². The summed E-state index contributed by atoms with van der Waals surface area (Å²) in [5.41, 5.74) is 5.20. The highest BCUT2D eigenvalue weighted by atomic mass is 16.3. The maximum Gasteiger partial charge on any atom is 0.224 e. The summed E-state index contributed by atoms with van der Waals surface area (Å²) in [6.07, 6.45) is 1.19. The molecule has 0 aromatic heterocycles. The Labute approximate surface area is 125 Å². The standard InChI is InChI=1S/C18H21NO2/c1-13-6-7-16(14(2)10-13)8-9-18(21)19-17-5-3-4-15(11-17)12-20/h3-7,10-11,20H,8-9,12H2,1-2H3,(H,19,21). The Morgan fingerprint density at radius 3 is 2.67 bits per heavy atom. The zero-order chi connectivity index (χ0) is 15.2. The van der Waals surface area contributed by atoms with Crippen molar-refractivity contribution in [3.8, 4) is 0 Å². The summed E-state index contributed by atoms with van der Waals surface area (Å²) in [5.74, 6) is -0.00920. The summed E-state index contributed by atoms with van der Waals surface area (Å²) in [5, 5.41) is 12.0. The van der Waals surface area contributed by atoms with Gasteiger partial charge in [-0.05, 0) is 49.1 Å². The number of aliphatic hydroxyl groups excluding tert-OH is 1. The van der Waals surface area contributed by atoms with Crippen LogP contribution in [0.2, 0.25) is 0 Å². The van der Waals surface area contributed by atoms with Gasteiger partial charge in [0.15, 0.2) is 0 Å². The number of aliphatic hydroxyl groups is 1. The van der Waals surface area contributed by atoms with Crippen molar-refractivity contribution in [3.63, 3.8) is 0 Å². The molecule has 0 aliphatic rings. The van der Waals surface area contributed by atoms with Gasteiger partial charge in [-0.2, -0.15) is 0 Å². The molecule has 2 aromatic carbocycles. The number of aryl methyl sites for hydroxylation is 3. The third-order valence-electron chi connectivity index (χ3n) is 3.51. The molecule has 0 atom stereocenters. The van der Waals surface area contributed by atoms with Crippen molar-refractivity contribution >= 4 is 11.6 Å². The van der Waals surface area contributed by atoms with Crippen LogP contribution < -0.4 is 5.32 Å². The molecule has 0 heterocycles. The predicted octanol–water partition coefficient (Wildman–Crippen LogP) is 3.37. The van der Waals surface area contributed by atoms with Crippen LogP contribution >= 0.6 is 0 Å². The Hall–Kier alpha value is -2.13. The van der Waals surface area contributed by atoms with Crippen LogP contribution in [0.4, 0.5) is 5.69 Å². The first-order chi connectivity index (χ1) is 10.1. The summed E-state index contributed by atoms with van der Waals surface area (Å²) < 4.78 is 0. The molecule has 0 fully saturated rings. The molecule has 0 bridgehead atoms. The highest BCUT2D eigenvalue weighted by Gasteiger charge is 2.05. The Morgan fingerprint density at radius 2 is 1.95 bits per heavy atom. The Kier molecular flexibility index (Phi) is 5.12. The molecule has 0 spiro atoms. The summed E-state index contributed by atoms with van der Waals surface area (Å²) in [6.45, 7) is 4.12. The first kappa shape index (κ1) is 15.3. The van der Waals surface area contributed by atoms with E-state index in [1.165, 1.54) is 16.7 Å². The molecule has 2 rings (SSSR count). The minimum atomic E-state index is -0.0216. The lowest BCUT2D eigenvalue weighted by Crippen LogP contribution is -2.12. The summed E-state index contributed by atoms with van der Waals surface area (Å²) in [7, 11) is 0. The summed E-state index contributed by atoms with van der Waals surface area (Å²) in [6, 6.07) is 13.6. The number of anilines is 1. The summed E-state index contributed by atoms with van der Waals surface area (Å²) >= 11 is 0. The van der Waals surface area contributed by atoms with Gasteiger partial charge in [0.2, 0.25) is 5.91 Å². The lowest BCUT2D eigenvalue weighted by molar-refractivity contribution is -0.116. The van der Waals surface area contributed by atoms with Crippen LogP contribution in [0.3, 0.4) is 0 Å². The molecular weight excluding hydrogens is 262 g/mol. The van der Waals surface area contributed by atoms with E-state index in [4.69, 9.17) is 5.11 Å². The molecule has 1 amide bonds. The van der Waals surface area contributed by atoms with Crippen LogP contribution in [0.15, 0.2) is 42.5 Å². The van der Waals surface area contributed by atoms with Crippen molar-refractivity contribution in [2.24, 2.45) is 0 Å². The smallest absolute Gasteiger partial charge is 0.224 e. The maximum atomic E-state index is 12.0. The van der Waals surface area contributed by atoms with Crippen LogP contribution in [0, 0.1) is 13.8 Å². The van der Waals surface area contributed by atoms with Gasteiger partial charge in [-0.3, -0.25) is 4.79 Å². The molecular formula is C18H21NO2. The second-order valence-electron chi connectivity index (χ2n) is 5.34. The largest absolute Gasteiger partial charge is 0.392 e. The van der Waals surface area contributed by atoms with E-state index in [0.717, 1.165) is 17.7 Å². The number of hydrogen-bond acceptors (Lipinski definition) is 2. The lowest BCUT2D eigenvalue weighted by atomic mass is 10.0. The van der Waals surface area contributed by atoms with Crippen LogP contribution in [0.25, 0.3) is 0 Å². The Morgan fingerprint density at radius 1 is 1.14 bits per heavy atom. The number of nitrogens with one attached hydrogen (secondary N) is 1. The van der Waals surface area contributed by atoms with Gasteiger partial charge in [0.25, 0.3) is 0 Å². The molecule has 0 radical (unpaired) electrons. The average Bonchev–Trinajstić information content (AvgIpc) is 2.46. The minimum absolute atomic E-state index is 0.00920. The number of carbonyl (C=O) groups excluding carboxylic acids is 1. The van der Waals surface area contributed by atoms with E-state index in [1.54, 1.807) is 6.07 Å². The van der Waals surface area contributed by atoms with Crippen LogP contribution in [0.5, 0.6) is 0 Å². The Balaban J connectivity index is 1.92. The van der Waals surface area contributed by atoms with Crippen molar-refractivity contribution in [2.45, 2.75) is 33.3 Å². The second kappa shape index (κ2) is 7.04. The number of benzene rings is 2. The Bertz CT molecular complexity index is 635. The highest BCUT2D eigenvalue weighted by molar-refractivity contribution is 5.90. The maximum absolute atomic E-state index is 12.0. The van der Waals surface area contributed by atoms with Gasteiger partial charge >= 0.3 is 0 Å². The normalized spacial score (nSPS) is 10.4.